The number of H-pyrrole nitrogens is 1. The number of alkyl halides is 1. The van der Waals surface area contributed by atoms with Gasteiger partial charge in [0, 0.05) is 18.5 Å². The quantitative estimate of drug-likeness (QED) is 0.756. The van der Waals surface area contributed by atoms with E-state index in [4.69, 9.17) is 11.6 Å². The molecule has 2 heterocycles. The highest BCUT2D eigenvalue weighted by Crippen LogP contribution is 2.21. The second-order valence-electron chi connectivity index (χ2n) is 3.16. The molecule has 1 fully saturated rings. The summed E-state index contributed by atoms with van der Waals surface area (Å²) in [7, 11) is -3.40. The molecule has 0 aliphatic carbocycles. The van der Waals surface area contributed by atoms with Crippen LogP contribution in [-0.4, -0.2) is 41.2 Å². The van der Waals surface area contributed by atoms with Crippen molar-refractivity contribution in [2.45, 2.75) is 16.8 Å². The lowest BCUT2D eigenvalue weighted by atomic mass is 10.4. The van der Waals surface area contributed by atoms with Gasteiger partial charge >= 0.3 is 0 Å². The van der Waals surface area contributed by atoms with E-state index in [9.17, 15) is 8.42 Å². The fourth-order valence-electron chi connectivity index (χ4n) is 1.43. The van der Waals surface area contributed by atoms with Crippen LogP contribution in [0.4, 0.5) is 0 Å². The highest BCUT2D eigenvalue weighted by atomic mass is 35.5. The Bertz CT molecular complexity index is 403. The molecule has 5 nitrogen and oxygen atoms in total. The van der Waals surface area contributed by atoms with E-state index in [1.165, 1.54) is 16.8 Å². The topological polar surface area (TPSA) is 66.1 Å². The third kappa shape index (κ3) is 1.65. The fourth-order valence-corrected chi connectivity index (χ4v) is 3.17. The Morgan fingerprint density at radius 3 is 2.93 bits per heavy atom. The van der Waals surface area contributed by atoms with Crippen LogP contribution in [0.25, 0.3) is 0 Å². The Balaban J connectivity index is 2.26. The standard InChI is InChI=1S/C7H10ClN3O2S/c8-6-1-2-11(4-6)14(12,13)7-3-9-5-10-7/h3,5-6H,1-2,4H2,(H,9,10). The van der Waals surface area contributed by atoms with Gasteiger partial charge in [0.2, 0.25) is 0 Å². The van der Waals surface area contributed by atoms with Crippen LogP contribution < -0.4 is 0 Å². The zero-order chi connectivity index (χ0) is 10.2. The van der Waals surface area contributed by atoms with Crippen LogP contribution in [0.1, 0.15) is 6.42 Å². The lowest BCUT2D eigenvalue weighted by Gasteiger charge is -2.13. The van der Waals surface area contributed by atoms with Gasteiger partial charge in [-0.05, 0) is 6.42 Å². The molecule has 1 aromatic heterocycles. The largest absolute Gasteiger partial charge is 0.335 e. The zero-order valence-corrected chi connectivity index (χ0v) is 8.92. The summed E-state index contributed by atoms with van der Waals surface area (Å²) >= 11 is 5.84. The van der Waals surface area contributed by atoms with Gasteiger partial charge in [-0.15, -0.1) is 11.6 Å². The number of aromatic nitrogens is 2. The monoisotopic (exact) mass is 235 g/mol. The van der Waals surface area contributed by atoms with Gasteiger partial charge in [0.15, 0.2) is 5.03 Å². The van der Waals surface area contributed by atoms with E-state index in [1.54, 1.807) is 0 Å². The van der Waals surface area contributed by atoms with Gasteiger partial charge in [0.25, 0.3) is 10.0 Å². The van der Waals surface area contributed by atoms with Crippen molar-refractivity contribution in [1.29, 1.82) is 0 Å². The third-order valence-electron chi connectivity index (χ3n) is 2.18. The molecular weight excluding hydrogens is 226 g/mol. The summed E-state index contributed by atoms with van der Waals surface area (Å²) in [6.45, 7) is 0.860. The summed E-state index contributed by atoms with van der Waals surface area (Å²) < 4.78 is 25.0. The molecular formula is C7H10ClN3O2S. The summed E-state index contributed by atoms with van der Waals surface area (Å²) in [6.07, 6.45) is 3.35. The SMILES string of the molecule is O=S(=O)(c1cnc[nH]1)N1CCC(Cl)C1. The second-order valence-corrected chi connectivity index (χ2v) is 5.69. The minimum atomic E-state index is -3.40. The van der Waals surface area contributed by atoms with E-state index in [0.29, 0.717) is 19.5 Å². The van der Waals surface area contributed by atoms with Crippen LogP contribution in [0.15, 0.2) is 17.6 Å². The molecule has 78 valence electrons. The van der Waals surface area contributed by atoms with E-state index < -0.39 is 10.0 Å². The Kier molecular flexibility index (Phi) is 2.50. The zero-order valence-electron chi connectivity index (χ0n) is 7.35. The number of rotatable bonds is 2. The van der Waals surface area contributed by atoms with Crippen LogP contribution in [-0.2, 0) is 10.0 Å². The lowest BCUT2D eigenvalue weighted by molar-refractivity contribution is 0.475. The average Bonchev–Trinajstić information content (AvgIpc) is 2.72. The van der Waals surface area contributed by atoms with Crippen molar-refractivity contribution >= 4 is 21.6 Å². The van der Waals surface area contributed by atoms with Crippen LogP contribution in [0.2, 0.25) is 0 Å². The van der Waals surface area contributed by atoms with Crippen molar-refractivity contribution in [3.63, 3.8) is 0 Å². The van der Waals surface area contributed by atoms with Gasteiger partial charge in [0.05, 0.1) is 12.5 Å². The normalized spacial score (nSPS) is 24.2. The highest BCUT2D eigenvalue weighted by Gasteiger charge is 2.32. The number of imidazole rings is 1. The molecule has 0 amide bonds. The average molecular weight is 236 g/mol. The van der Waals surface area contributed by atoms with Gasteiger partial charge < -0.3 is 4.98 Å². The molecule has 14 heavy (non-hydrogen) atoms. The molecule has 2 rings (SSSR count). The Morgan fingerprint density at radius 2 is 2.43 bits per heavy atom. The summed E-state index contributed by atoms with van der Waals surface area (Å²) in [4.78, 5) is 6.27. The Labute approximate surface area is 87.1 Å². The van der Waals surface area contributed by atoms with Gasteiger partial charge in [-0.3, -0.25) is 0 Å². The van der Waals surface area contributed by atoms with E-state index in [2.05, 4.69) is 9.97 Å². The van der Waals surface area contributed by atoms with Crippen LogP contribution in [0, 0.1) is 0 Å². The first-order chi connectivity index (χ1) is 6.60. The molecule has 1 saturated heterocycles. The predicted octanol–water partition coefficient (Wildman–Crippen LogP) is 0.412. The first-order valence-electron chi connectivity index (χ1n) is 4.23. The Hall–Kier alpha value is -0.590. The number of hydrogen-bond acceptors (Lipinski definition) is 3. The van der Waals surface area contributed by atoms with Crippen LogP contribution >= 0.6 is 11.6 Å². The number of hydrogen-bond donors (Lipinski definition) is 1. The lowest BCUT2D eigenvalue weighted by Crippen LogP contribution is -2.29. The van der Waals surface area contributed by atoms with E-state index in [0.717, 1.165) is 0 Å². The smallest absolute Gasteiger partial charge is 0.260 e. The van der Waals surface area contributed by atoms with Gasteiger partial charge in [-0.1, -0.05) is 0 Å². The summed E-state index contributed by atoms with van der Waals surface area (Å²) in [5, 5.41) is 0.0518. The minimum absolute atomic E-state index is 0.0762. The van der Waals surface area contributed by atoms with Crippen molar-refractivity contribution in [3.05, 3.63) is 12.5 Å². The molecule has 0 aromatic carbocycles. The summed E-state index contributed by atoms with van der Waals surface area (Å²) in [5.41, 5.74) is 0. The molecule has 1 aliphatic rings. The van der Waals surface area contributed by atoms with E-state index >= 15 is 0 Å². The maximum absolute atomic E-state index is 11.8. The van der Waals surface area contributed by atoms with Crippen molar-refractivity contribution < 1.29 is 8.42 Å². The number of sulfonamides is 1. The minimum Gasteiger partial charge on any atom is -0.335 e. The molecule has 0 spiro atoms. The van der Waals surface area contributed by atoms with Gasteiger partial charge in [0.1, 0.15) is 0 Å². The molecule has 0 radical (unpaired) electrons. The maximum atomic E-state index is 11.8. The van der Waals surface area contributed by atoms with E-state index in [-0.39, 0.29) is 10.4 Å². The van der Waals surface area contributed by atoms with Gasteiger partial charge in [-0.2, -0.15) is 4.31 Å². The predicted molar refractivity (Wildman–Crippen MR) is 51.6 cm³/mol. The van der Waals surface area contributed by atoms with E-state index in [1.807, 2.05) is 0 Å². The summed E-state index contributed by atoms with van der Waals surface area (Å²) in [5.74, 6) is 0. The number of aromatic amines is 1. The molecule has 1 N–H and O–H groups in total. The number of nitrogens with one attached hydrogen (secondary N) is 1. The molecule has 1 unspecified atom stereocenters. The first-order valence-corrected chi connectivity index (χ1v) is 6.11. The number of halogens is 1. The van der Waals surface area contributed by atoms with Crippen molar-refractivity contribution in [1.82, 2.24) is 14.3 Å². The summed E-state index contributed by atoms with van der Waals surface area (Å²) in [6, 6.07) is 0. The van der Waals surface area contributed by atoms with Crippen LogP contribution in [0.3, 0.4) is 0 Å². The second kappa shape index (κ2) is 3.52. The fraction of sp³-hybridized carbons (Fsp3) is 0.571. The van der Waals surface area contributed by atoms with Crippen molar-refractivity contribution in [2.75, 3.05) is 13.1 Å². The molecule has 7 heteroatoms. The van der Waals surface area contributed by atoms with Crippen molar-refractivity contribution in [3.8, 4) is 0 Å². The molecule has 1 aliphatic heterocycles. The molecule has 1 atom stereocenters. The van der Waals surface area contributed by atoms with Crippen molar-refractivity contribution in [2.24, 2.45) is 0 Å². The number of nitrogens with zero attached hydrogens (tertiary/aromatic N) is 2. The van der Waals surface area contributed by atoms with Gasteiger partial charge in [-0.25, -0.2) is 13.4 Å². The highest BCUT2D eigenvalue weighted by molar-refractivity contribution is 7.89. The van der Waals surface area contributed by atoms with Crippen LogP contribution in [0.5, 0.6) is 0 Å². The third-order valence-corrected chi connectivity index (χ3v) is 4.33. The molecule has 0 saturated carbocycles. The Morgan fingerprint density at radius 1 is 1.64 bits per heavy atom. The molecule has 1 aromatic rings. The maximum Gasteiger partial charge on any atom is 0.260 e. The molecule has 0 bridgehead atoms. The first kappa shape index (κ1) is 9.95.